The fraction of sp³-hybridized carbons (Fsp3) is 0.235. The van der Waals surface area contributed by atoms with Gasteiger partial charge in [-0.15, -0.1) is 0 Å². The lowest BCUT2D eigenvalue weighted by Gasteiger charge is -2.17. The summed E-state index contributed by atoms with van der Waals surface area (Å²) in [5, 5.41) is 9.26. The quantitative estimate of drug-likeness (QED) is 0.631. The van der Waals surface area contributed by atoms with Crippen LogP contribution < -0.4 is 15.1 Å². The summed E-state index contributed by atoms with van der Waals surface area (Å²) in [6.07, 6.45) is 3.10. The molecule has 3 rings (SSSR count). The molecular weight excluding hydrogens is 289 g/mol. The Kier molecular flexibility index (Phi) is 4.29. The summed E-state index contributed by atoms with van der Waals surface area (Å²) in [6, 6.07) is 10.9. The SMILES string of the molecule is Bc1ccc(Oc2nc(N3CCCC3)ccc2C#N)cc1C=O. The van der Waals surface area contributed by atoms with Gasteiger partial charge < -0.3 is 9.64 Å². The van der Waals surface area contributed by atoms with Crippen molar-refractivity contribution in [3.63, 3.8) is 0 Å². The van der Waals surface area contributed by atoms with Gasteiger partial charge in [0.25, 0.3) is 0 Å². The van der Waals surface area contributed by atoms with Crippen molar-refractivity contribution in [2.45, 2.75) is 12.8 Å². The van der Waals surface area contributed by atoms with E-state index < -0.39 is 0 Å². The summed E-state index contributed by atoms with van der Waals surface area (Å²) < 4.78 is 5.78. The predicted octanol–water partition coefficient (Wildman–Crippen LogP) is 1.42. The molecule has 0 spiro atoms. The van der Waals surface area contributed by atoms with Gasteiger partial charge in [-0.1, -0.05) is 11.5 Å². The zero-order valence-electron chi connectivity index (χ0n) is 13.0. The third kappa shape index (κ3) is 3.19. The first-order valence-electron chi connectivity index (χ1n) is 7.61. The molecule has 23 heavy (non-hydrogen) atoms. The summed E-state index contributed by atoms with van der Waals surface area (Å²) in [7, 11) is 1.86. The van der Waals surface area contributed by atoms with Gasteiger partial charge in [0, 0.05) is 18.7 Å². The summed E-state index contributed by atoms with van der Waals surface area (Å²) in [4.78, 5) is 17.7. The van der Waals surface area contributed by atoms with Crippen LogP contribution in [0.25, 0.3) is 0 Å². The molecule has 1 fully saturated rings. The lowest BCUT2D eigenvalue weighted by molar-refractivity contribution is 0.112. The van der Waals surface area contributed by atoms with Gasteiger partial charge in [0.15, 0.2) is 0 Å². The van der Waals surface area contributed by atoms with Crippen LogP contribution in [0.2, 0.25) is 0 Å². The van der Waals surface area contributed by atoms with E-state index in [0.29, 0.717) is 16.9 Å². The number of pyridine rings is 1. The van der Waals surface area contributed by atoms with Crippen LogP contribution in [0.1, 0.15) is 28.8 Å². The van der Waals surface area contributed by atoms with Crippen molar-refractivity contribution in [2.24, 2.45) is 0 Å². The Morgan fingerprint density at radius 1 is 1.26 bits per heavy atom. The Morgan fingerprint density at radius 3 is 2.74 bits per heavy atom. The largest absolute Gasteiger partial charge is 0.438 e. The first-order valence-corrected chi connectivity index (χ1v) is 7.61. The molecule has 0 amide bonds. The van der Waals surface area contributed by atoms with Crippen LogP contribution in [0, 0.1) is 11.3 Å². The highest BCUT2D eigenvalue weighted by atomic mass is 16.5. The number of rotatable bonds is 4. The molecule has 1 aliphatic heterocycles. The van der Waals surface area contributed by atoms with Crippen molar-refractivity contribution >= 4 is 25.4 Å². The molecule has 0 bridgehead atoms. The molecule has 0 saturated carbocycles. The molecule has 5 nitrogen and oxygen atoms in total. The minimum Gasteiger partial charge on any atom is -0.438 e. The lowest BCUT2D eigenvalue weighted by atomic mass is 9.91. The van der Waals surface area contributed by atoms with Crippen LogP contribution in [-0.2, 0) is 0 Å². The second-order valence-electron chi connectivity index (χ2n) is 5.57. The first-order chi connectivity index (χ1) is 11.2. The Labute approximate surface area is 135 Å². The summed E-state index contributed by atoms with van der Waals surface area (Å²) in [5.41, 5.74) is 1.82. The van der Waals surface area contributed by atoms with Gasteiger partial charge in [0.05, 0.1) is 0 Å². The number of benzene rings is 1. The van der Waals surface area contributed by atoms with Crippen LogP contribution in [0.5, 0.6) is 11.6 Å². The number of hydrogen-bond acceptors (Lipinski definition) is 5. The third-order valence-corrected chi connectivity index (χ3v) is 3.99. The normalized spacial score (nSPS) is 13.6. The number of nitriles is 1. The maximum Gasteiger partial charge on any atom is 0.239 e. The van der Waals surface area contributed by atoms with Crippen LogP contribution in [0.15, 0.2) is 30.3 Å². The summed E-state index contributed by atoms with van der Waals surface area (Å²) in [5.74, 6) is 1.59. The Morgan fingerprint density at radius 2 is 2.04 bits per heavy atom. The van der Waals surface area contributed by atoms with Gasteiger partial charge >= 0.3 is 0 Å². The van der Waals surface area contributed by atoms with E-state index in [2.05, 4.69) is 16.0 Å². The average Bonchev–Trinajstić information content (AvgIpc) is 3.11. The molecule has 114 valence electrons. The van der Waals surface area contributed by atoms with Crippen molar-refractivity contribution in [3.8, 4) is 17.7 Å². The van der Waals surface area contributed by atoms with Crippen LogP contribution >= 0.6 is 0 Å². The molecule has 1 aromatic heterocycles. The fourth-order valence-electron chi connectivity index (χ4n) is 2.64. The molecule has 1 saturated heterocycles. The summed E-state index contributed by atoms with van der Waals surface area (Å²) >= 11 is 0. The number of hydrogen-bond donors (Lipinski definition) is 0. The Bertz CT molecular complexity index is 780. The first kappa shape index (κ1) is 15.1. The number of anilines is 1. The minimum atomic E-state index is 0.276. The van der Waals surface area contributed by atoms with E-state index in [-0.39, 0.29) is 5.88 Å². The molecule has 2 aromatic rings. The molecule has 0 aliphatic carbocycles. The van der Waals surface area contributed by atoms with Gasteiger partial charge in [0.1, 0.15) is 37.3 Å². The second kappa shape index (κ2) is 6.53. The van der Waals surface area contributed by atoms with Crippen molar-refractivity contribution in [2.75, 3.05) is 18.0 Å². The Balaban J connectivity index is 1.93. The lowest BCUT2D eigenvalue weighted by Crippen LogP contribution is -2.19. The Hall–Kier alpha value is -2.81. The van der Waals surface area contributed by atoms with Crippen molar-refractivity contribution < 1.29 is 9.53 Å². The monoisotopic (exact) mass is 305 g/mol. The van der Waals surface area contributed by atoms with Gasteiger partial charge in [-0.05, 0) is 37.1 Å². The highest BCUT2D eigenvalue weighted by molar-refractivity contribution is 6.35. The van der Waals surface area contributed by atoms with E-state index in [9.17, 15) is 10.1 Å². The number of aromatic nitrogens is 1. The standard InChI is InChI=1S/C17H16BN3O2/c18-15-5-4-14(9-13(15)11-22)23-17-12(10-19)3-6-16(20-17)21-7-1-2-8-21/h3-6,9,11H,1-2,7-8,18H2. The highest BCUT2D eigenvalue weighted by Crippen LogP contribution is 2.27. The van der Waals surface area contributed by atoms with E-state index in [1.807, 2.05) is 20.0 Å². The average molecular weight is 305 g/mol. The molecular formula is C17H16BN3O2. The molecule has 0 atom stereocenters. The number of carbonyl (C=O) groups is 1. The van der Waals surface area contributed by atoms with E-state index in [0.717, 1.165) is 43.5 Å². The van der Waals surface area contributed by atoms with Crippen LogP contribution in [0.3, 0.4) is 0 Å². The molecule has 0 N–H and O–H groups in total. The minimum absolute atomic E-state index is 0.276. The fourth-order valence-corrected chi connectivity index (χ4v) is 2.64. The van der Waals surface area contributed by atoms with E-state index in [1.54, 1.807) is 18.2 Å². The number of ether oxygens (including phenoxy) is 1. The zero-order chi connectivity index (χ0) is 16.2. The number of nitrogens with zero attached hydrogens (tertiary/aromatic N) is 3. The molecule has 2 heterocycles. The van der Waals surface area contributed by atoms with Crippen molar-refractivity contribution in [3.05, 3.63) is 41.5 Å². The third-order valence-electron chi connectivity index (χ3n) is 3.99. The van der Waals surface area contributed by atoms with Gasteiger partial charge in [-0.3, -0.25) is 4.79 Å². The zero-order valence-corrected chi connectivity index (χ0v) is 13.0. The molecule has 1 aliphatic rings. The van der Waals surface area contributed by atoms with Crippen molar-refractivity contribution in [1.82, 2.24) is 4.98 Å². The smallest absolute Gasteiger partial charge is 0.239 e. The highest BCUT2D eigenvalue weighted by Gasteiger charge is 2.16. The maximum atomic E-state index is 11.1. The molecule has 0 unspecified atom stereocenters. The van der Waals surface area contributed by atoms with E-state index in [1.165, 1.54) is 0 Å². The number of aldehydes is 1. The maximum absolute atomic E-state index is 11.1. The second-order valence-corrected chi connectivity index (χ2v) is 5.57. The van der Waals surface area contributed by atoms with E-state index >= 15 is 0 Å². The summed E-state index contributed by atoms with van der Waals surface area (Å²) in [6.45, 7) is 1.94. The predicted molar refractivity (Wildman–Crippen MR) is 90.5 cm³/mol. The van der Waals surface area contributed by atoms with Gasteiger partial charge in [-0.25, -0.2) is 0 Å². The number of carbonyl (C=O) groups excluding carboxylic acids is 1. The molecule has 1 aromatic carbocycles. The van der Waals surface area contributed by atoms with Crippen LogP contribution in [0.4, 0.5) is 5.82 Å². The van der Waals surface area contributed by atoms with Crippen LogP contribution in [-0.4, -0.2) is 32.2 Å². The van der Waals surface area contributed by atoms with Crippen molar-refractivity contribution in [1.29, 1.82) is 5.26 Å². The topological polar surface area (TPSA) is 66.2 Å². The molecule has 6 heteroatoms. The van der Waals surface area contributed by atoms with E-state index in [4.69, 9.17) is 4.74 Å². The van der Waals surface area contributed by atoms with Gasteiger partial charge in [-0.2, -0.15) is 10.2 Å². The van der Waals surface area contributed by atoms with Gasteiger partial charge in [0.2, 0.25) is 5.88 Å². The molecule has 0 radical (unpaired) electrons.